The third kappa shape index (κ3) is 2.50. The van der Waals surface area contributed by atoms with E-state index in [0.29, 0.717) is 22.6 Å². The molecule has 1 aromatic carbocycles. The molecule has 0 radical (unpaired) electrons. The van der Waals surface area contributed by atoms with Crippen molar-refractivity contribution < 1.29 is 8.94 Å². The standard InChI is InChI=1S/C14H10N4O3/c1-8-4-12(17-21-8)11-6-14(19)20-13-5-9(7-16-18-15)2-3-10(11)13/h2-6H,7H2,1H3. The molecule has 0 bridgehead atoms. The second-order valence-corrected chi connectivity index (χ2v) is 4.52. The van der Waals surface area contributed by atoms with E-state index in [1.165, 1.54) is 6.07 Å². The summed E-state index contributed by atoms with van der Waals surface area (Å²) in [5.74, 6) is 0.659. The molecule has 3 rings (SSSR count). The Morgan fingerprint density at radius 1 is 1.33 bits per heavy atom. The molecule has 0 N–H and O–H groups in total. The second kappa shape index (κ2) is 5.15. The normalized spacial score (nSPS) is 10.5. The van der Waals surface area contributed by atoms with Gasteiger partial charge in [-0.1, -0.05) is 22.4 Å². The van der Waals surface area contributed by atoms with Crippen molar-refractivity contribution in [3.8, 4) is 11.3 Å². The summed E-state index contributed by atoms with van der Waals surface area (Å²) in [5, 5.41) is 8.16. The molecule has 2 aromatic heterocycles. The van der Waals surface area contributed by atoms with Crippen LogP contribution in [0.1, 0.15) is 11.3 Å². The summed E-state index contributed by atoms with van der Waals surface area (Å²) in [5.41, 5.74) is 10.3. The molecule has 0 fully saturated rings. The molecule has 7 heteroatoms. The number of aryl methyl sites for hydroxylation is 1. The summed E-state index contributed by atoms with van der Waals surface area (Å²) < 4.78 is 10.2. The third-order valence-corrected chi connectivity index (χ3v) is 3.03. The van der Waals surface area contributed by atoms with E-state index < -0.39 is 5.63 Å². The number of nitrogens with zero attached hydrogens (tertiary/aromatic N) is 4. The van der Waals surface area contributed by atoms with Crippen molar-refractivity contribution in [1.82, 2.24) is 5.16 Å². The summed E-state index contributed by atoms with van der Waals surface area (Å²) in [7, 11) is 0. The Labute approximate surface area is 118 Å². The van der Waals surface area contributed by atoms with Gasteiger partial charge in [-0.25, -0.2) is 4.79 Å². The smallest absolute Gasteiger partial charge is 0.336 e. The maximum Gasteiger partial charge on any atom is 0.336 e. The molecule has 0 atom stereocenters. The molecule has 0 aliphatic carbocycles. The van der Waals surface area contributed by atoms with Crippen molar-refractivity contribution in [3.63, 3.8) is 0 Å². The van der Waals surface area contributed by atoms with Gasteiger partial charge in [0.25, 0.3) is 0 Å². The fraction of sp³-hybridized carbons (Fsp3) is 0.143. The van der Waals surface area contributed by atoms with Crippen LogP contribution in [0.15, 0.2) is 49.2 Å². The molecule has 2 heterocycles. The van der Waals surface area contributed by atoms with Gasteiger partial charge in [0.2, 0.25) is 0 Å². The Balaban J connectivity index is 2.21. The highest BCUT2D eigenvalue weighted by Gasteiger charge is 2.11. The van der Waals surface area contributed by atoms with Gasteiger partial charge in [-0.3, -0.25) is 0 Å². The topological polar surface area (TPSA) is 105 Å². The molecular weight excluding hydrogens is 272 g/mol. The first-order chi connectivity index (χ1) is 10.2. The van der Waals surface area contributed by atoms with Gasteiger partial charge >= 0.3 is 5.63 Å². The average Bonchev–Trinajstić information content (AvgIpc) is 2.90. The lowest BCUT2D eigenvalue weighted by Crippen LogP contribution is -1.98. The zero-order valence-corrected chi connectivity index (χ0v) is 11.1. The quantitative estimate of drug-likeness (QED) is 0.317. The minimum absolute atomic E-state index is 0.198. The van der Waals surface area contributed by atoms with Gasteiger partial charge in [-0.2, -0.15) is 0 Å². The van der Waals surface area contributed by atoms with E-state index in [2.05, 4.69) is 15.2 Å². The number of aromatic nitrogens is 1. The Morgan fingerprint density at radius 3 is 2.90 bits per heavy atom. The summed E-state index contributed by atoms with van der Waals surface area (Å²) in [6.07, 6.45) is 0. The Hall–Kier alpha value is -3.05. The van der Waals surface area contributed by atoms with Crippen molar-refractivity contribution in [2.45, 2.75) is 13.5 Å². The predicted octanol–water partition coefficient (Wildman–Crippen LogP) is 3.57. The third-order valence-electron chi connectivity index (χ3n) is 3.03. The van der Waals surface area contributed by atoms with Gasteiger partial charge in [0.1, 0.15) is 17.0 Å². The van der Waals surface area contributed by atoms with E-state index in [1.807, 2.05) is 6.07 Å². The zero-order chi connectivity index (χ0) is 14.8. The lowest BCUT2D eigenvalue weighted by atomic mass is 10.1. The minimum atomic E-state index is -0.473. The van der Waals surface area contributed by atoms with E-state index in [9.17, 15) is 4.79 Å². The summed E-state index contributed by atoms with van der Waals surface area (Å²) in [6, 6.07) is 8.43. The summed E-state index contributed by atoms with van der Waals surface area (Å²) in [4.78, 5) is 14.4. The highest BCUT2D eigenvalue weighted by Crippen LogP contribution is 2.27. The van der Waals surface area contributed by atoms with Crippen LogP contribution in [0.3, 0.4) is 0 Å². The molecule has 104 valence electrons. The van der Waals surface area contributed by atoms with Crippen molar-refractivity contribution in [3.05, 3.63) is 62.5 Å². The van der Waals surface area contributed by atoms with E-state index in [1.54, 1.807) is 25.1 Å². The Bertz CT molecular complexity index is 919. The van der Waals surface area contributed by atoms with Crippen molar-refractivity contribution in [1.29, 1.82) is 0 Å². The lowest BCUT2D eigenvalue weighted by molar-refractivity contribution is 0.399. The molecule has 0 saturated heterocycles. The molecule has 21 heavy (non-hydrogen) atoms. The molecule has 0 aliphatic rings. The first-order valence-electron chi connectivity index (χ1n) is 6.19. The molecule has 0 unspecified atom stereocenters. The number of rotatable bonds is 3. The monoisotopic (exact) mass is 282 g/mol. The molecule has 0 spiro atoms. The Morgan fingerprint density at radius 2 is 2.19 bits per heavy atom. The van der Waals surface area contributed by atoms with Crippen LogP contribution in [0.2, 0.25) is 0 Å². The van der Waals surface area contributed by atoms with Gasteiger partial charge in [-0.15, -0.1) is 0 Å². The Kier molecular flexibility index (Phi) is 3.17. The predicted molar refractivity (Wildman–Crippen MR) is 75.6 cm³/mol. The maximum atomic E-state index is 11.7. The number of hydrogen-bond donors (Lipinski definition) is 0. The molecule has 3 aromatic rings. The van der Waals surface area contributed by atoms with Crippen molar-refractivity contribution >= 4 is 11.0 Å². The van der Waals surface area contributed by atoms with Gasteiger partial charge < -0.3 is 8.94 Å². The highest BCUT2D eigenvalue weighted by molar-refractivity contribution is 5.92. The fourth-order valence-corrected chi connectivity index (χ4v) is 2.12. The van der Waals surface area contributed by atoms with Crippen LogP contribution in [-0.2, 0) is 6.54 Å². The summed E-state index contributed by atoms with van der Waals surface area (Å²) >= 11 is 0. The molecular formula is C14H10N4O3. The van der Waals surface area contributed by atoms with Crippen LogP contribution in [0.5, 0.6) is 0 Å². The molecule has 7 nitrogen and oxygen atoms in total. The first-order valence-corrected chi connectivity index (χ1v) is 6.19. The lowest BCUT2D eigenvalue weighted by Gasteiger charge is -2.03. The largest absolute Gasteiger partial charge is 0.423 e. The second-order valence-electron chi connectivity index (χ2n) is 4.52. The average molecular weight is 282 g/mol. The van der Waals surface area contributed by atoms with Crippen LogP contribution < -0.4 is 5.63 Å². The van der Waals surface area contributed by atoms with Crippen LogP contribution in [0.25, 0.3) is 32.7 Å². The SMILES string of the molecule is Cc1cc(-c2cc(=O)oc3cc(CN=[N+]=[N-])ccc23)no1. The van der Waals surface area contributed by atoms with Crippen LogP contribution in [0.4, 0.5) is 0 Å². The molecule has 0 saturated carbocycles. The van der Waals surface area contributed by atoms with Crippen LogP contribution >= 0.6 is 0 Å². The van der Waals surface area contributed by atoms with Gasteiger partial charge in [0.15, 0.2) is 0 Å². The van der Waals surface area contributed by atoms with Gasteiger partial charge in [-0.05, 0) is 24.1 Å². The van der Waals surface area contributed by atoms with E-state index in [4.69, 9.17) is 14.5 Å². The zero-order valence-electron chi connectivity index (χ0n) is 11.1. The maximum absolute atomic E-state index is 11.7. The fourth-order valence-electron chi connectivity index (χ4n) is 2.12. The number of hydrogen-bond acceptors (Lipinski definition) is 5. The number of azide groups is 1. The highest BCUT2D eigenvalue weighted by atomic mass is 16.5. The van der Waals surface area contributed by atoms with Crippen molar-refractivity contribution in [2.24, 2.45) is 5.11 Å². The van der Waals surface area contributed by atoms with Gasteiger partial charge in [0.05, 0.1) is 6.54 Å². The molecule has 0 aliphatic heterocycles. The van der Waals surface area contributed by atoms with E-state index in [-0.39, 0.29) is 6.54 Å². The van der Waals surface area contributed by atoms with E-state index >= 15 is 0 Å². The number of fused-ring (bicyclic) bond motifs is 1. The number of benzene rings is 1. The van der Waals surface area contributed by atoms with Crippen LogP contribution in [-0.4, -0.2) is 5.16 Å². The van der Waals surface area contributed by atoms with Crippen molar-refractivity contribution in [2.75, 3.05) is 0 Å². The molecule has 0 amide bonds. The van der Waals surface area contributed by atoms with Crippen LogP contribution in [0, 0.1) is 6.92 Å². The summed E-state index contributed by atoms with van der Waals surface area (Å²) in [6.45, 7) is 1.98. The minimum Gasteiger partial charge on any atom is -0.423 e. The first kappa shape index (κ1) is 13.0. The van der Waals surface area contributed by atoms with E-state index in [0.717, 1.165) is 10.9 Å². The van der Waals surface area contributed by atoms with Gasteiger partial charge in [0, 0.05) is 28.0 Å².